The standard InChI is InChI=1S/C23H25ClN4O3S2/c1-23(2)13-19-20(14-25-23)32-21(26-19)22(29)27-7-9-28(10-8-27)33(30,31)18-6-4-15-11-17(24)5-3-16(15)12-18/h3-6,11-12,25H,7-10,13-14H2,1-2H3. The summed E-state index contributed by atoms with van der Waals surface area (Å²) in [5.41, 5.74) is 0.960. The fourth-order valence-corrected chi connectivity index (χ4v) is 6.95. The van der Waals surface area contributed by atoms with Crippen molar-refractivity contribution in [2.75, 3.05) is 26.2 Å². The van der Waals surface area contributed by atoms with E-state index in [0.29, 0.717) is 23.1 Å². The van der Waals surface area contributed by atoms with E-state index >= 15 is 0 Å². The van der Waals surface area contributed by atoms with Gasteiger partial charge in [0.1, 0.15) is 0 Å². The number of piperazine rings is 1. The number of hydrogen-bond acceptors (Lipinski definition) is 6. The van der Waals surface area contributed by atoms with Crippen molar-refractivity contribution < 1.29 is 13.2 Å². The average molecular weight is 505 g/mol. The van der Waals surface area contributed by atoms with E-state index in [1.807, 2.05) is 12.1 Å². The van der Waals surface area contributed by atoms with Crippen LogP contribution >= 0.6 is 22.9 Å². The van der Waals surface area contributed by atoms with E-state index in [1.165, 1.54) is 15.6 Å². The second-order valence-corrected chi connectivity index (χ2v) is 12.6. The lowest BCUT2D eigenvalue weighted by Gasteiger charge is -2.33. The van der Waals surface area contributed by atoms with Gasteiger partial charge in [-0.15, -0.1) is 11.3 Å². The van der Waals surface area contributed by atoms with Gasteiger partial charge in [0.15, 0.2) is 5.01 Å². The molecule has 10 heteroatoms. The second-order valence-electron chi connectivity index (χ2n) is 9.15. The Morgan fingerprint density at radius 3 is 2.55 bits per heavy atom. The molecule has 1 N–H and O–H groups in total. The van der Waals surface area contributed by atoms with Crippen LogP contribution in [0.4, 0.5) is 0 Å². The molecule has 2 aromatic carbocycles. The van der Waals surface area contributed by atoms with Gasteiger partial charge >= 0.3 is 0 Å². The zero-order chi connectivity index (χ0) is 23.4. The number of nitrogens with one attached hydrogen (secondary N) is 1. The first-order valence-corrected chi connectivity index (χ1v) is 13.5. The van der Waals surface area contributed by atoms with Crippen LogP contribution in [0.5, 0.6) is 0 Å². The van der Waals surface area contributed by atoms with Crippen molar-refractivity contribution in [2.24, 2.45) is 0 Å². The average Bonchev–Trinajstić information content (AvgIpc) is 3.20. The number of carbonyl (C=O) groups excluding carboxylic acids is 1. The highest BCUT2D eigenvalue weighted by atomic mass is 35.5. The molecule has 174 valence electrons. The first-order valence-electron chi connectivity index (χ1n) is 10.8. The number of carbonyl (C=O) groups is 1. The van der Waals surface area contributed by atoms with E-state index in [0.717, 1.165) is 34.3 Å². The number of rotatable bonds is 3. The Labute approximate surface area is 202 Å². The third-order valence-corrected chi connectivity index (χ3v) is 9.45. The van der Waals surface area contributed by atoms with Gasteiger partial charge in [-0.25, -0.2) is 13.4 Å². The summed E-state index contributed by atoms with van der Waals surface area (Å²) in [5.74, 6) is -0.119. The number of nitrogens with zero attached hydrogens (tertiary/aromatic N) is 3. The third kappa shape index (κ3) is 4.40. The van der Waals surface area contributed by atoms with Crippen molar-refractivity contribution in [1.29, 1.82) is 0 Å². The molecular weight excluding hydrogens is 480 g/mol. The normalized spacial score (nSPS) is 18.9. The molecule has 2 aliphatic heterocycles. The minimum atomic E-state index is -3.65. The number of halogens is 1. The number of hydrogen-bond donors (Lipinski definition) is 1. The molecule has 2 aliphatic rings. The van der Waals surface area contributed by atoms with Gasteiger partial charge in [0.05, 0.1) is 10.6 Å². The molecule has 3 heterocycles. The van der Waals surface area contributed by atoms with Crippen molar-refractivity contribution in [2.45, 2.75) is 37.2 Å². The van der Waals surface area contributed by atoms with Gasteiger partial charge in [-0.05, 0) is 48.9 Å². The summed E-state index contributed by atoms with van der Waals surface area (Å²) in [6, 6.07) is 10.4. The monoisotopic (exact) mass is 504 g/mol. The molecule has 5 rings (SSSR count). The lowest BCUT2D eigenvalue weighted by atomic mass is 9.94. The molecule has 1 amide bonds. The predicted molar refractivity (Wildman–Crippen MR) is 130 cm³/mol. The lowest BCUT2D eigenvalue weighted by molar-refractivity contribution is 0.0697. The van der Waals surface area contributed by atoms with Crippen LogP contribution in [0, 0.1) is 0 Å². The van der Waals surface area contributed by atoms with Gasteiger partial charge < -0.3 is 10.2 Å². The molecule has 0 aliphatic carbocycles. The Balaban J connectivity index is 1.28. The van der Waals surface area contributed by atoms with Crippen molar-refractivity contribution in [3.63, 3.8) is 0 Å². The van der Waals surface area contributed by atoms with Gasteiger partial charge in [0.2, 0.25) is 10.0 Å². The zero-order valence-corrected chi connectivity index (χ0v) is 20.9. The number of aromatic nitrogens is 1. The van der Waals surface area contributed by atoms with Crippen LogP contribution in [-0.4, -0.2) is 60.2 Å². The molecular formula is C23H25ClN4O3S2. The molecule has 7 nitrogen and oxygen atoms in total. The Hall–Kier alpha value is -2.04. The predicted octanol–water partition coefficient (Wildman–Crippen LogP) is 3.52. The molecule has 1 aromatic heterocycles. The van der Waals surface area contributed by atoms with Crippen molar-refractivity contribution in [3.05, 3.63) is 57.0 Å². The number of benzene rings is 2. The molecule has 0 radical (unpaired) electrons. The highest BCUT2D eigenvalue weighted by Gasteiger charge is 2.33. The summed E-state index contributed by atoms with van der Waals surface area (Å²) in [5, 5.41) is 6.27. The SMILES string of the molecule is CC1(C)Cc2nc(C(=O)N3CCN(S(=O)(=O)c4ccc5cc(Cl)ccc5c4)CC3)sc2CN1. The van der Waals surface area contributed by atoms with Crippen LogP contribution in [0.2, 0.25) is 5.02 Å². The van der Waals surface area contributed by atoms with Gasteiger partial charge in [-0.2, -0.15) is 4.31 Å². The van der Waals surface area contributed by atoms with Crippen molar-refractivity contribution >= 4 is 49.6 Å². The lowest BCUT2D eigenvalue weighted by Crippen LogP contribution is -2.50. The van der Waals surface area contributed by atoms with Crippen LogP contribution in [0.15, 0.2) is 41.3 Å². The van der Waals surface area contributed by atoms with Gasteiger partial charge in [0.25, 0.3) is 5.91 Å². The van der Waals surface area contributed by atoms with Crippen molar-refractivity contribution in [3.8, 4) is 0 Å². The number of thiazole rings is 1. The fourth-order valence-electron chi connectivity index (χ4n) is 4.32. The Bertz CT molecular complexity index is 1340. The maximum atomic E-state index is 13.2. The number of fused-ring (bicyclic) bond motifs is 2. The first-order chi connectivity index (χ1) is 15.6. The molecule has 0 unspecified atom stereocenters. The van der Waals surface area contributed by atoms with E-state index in [2.05, 4.69) is 24.1 Å². The molecule has 33 heavy (non-hydrogen) atoms. The molecule has 1 saturated heterocycles. The molecule has 0 saturated carbocycles. The topological polar surface area (TPSA) is 82.6 Å². The van der Waals surface area contributed by atoms with Crippen LogP contribution in [0.25, 0.3) is 10.8 Å². The van der Waals surface area contributed by atoms with Crippen molar-refractivity contribution in [1.82, 2.24) is 19.5 Å². The number of amides is 1. The van der Waals surface area contributed by atoms with E-state index < -0.39 is 10.0 Å². The van der Waals surface area contributed by atoms with Crippen LogP contribution in [-0.2, 0) is 23.0 Å². The Kier molecular flexibility index (Phi) is 5.73. The van der Waals surface area contributed by atoms with Crippen LogP contribution < -0.4 is 5.32 Å². The summed E-state index contributed by atoms with van der Waals surface area (Å²) < 4.78 is 27.9. The maximum Gasteiger partial charge on any atom is 0.282 e. The summed E-state index contributed by atoms with van der Waals surface area (Å²) in [7, 11) is -3.65. The highest BCUT2D eigenvalue weighted by molar-refractivity contribution is 7.89. The minimum Gasteiger partial charge on any atom is -0.334 e. The van der Waals surface area contributed by atoms with E-state index in [4.69, 9.17) is 11.6 Å². The van der Waals surface area contributed by atoms with E-state index in [-0.39, 0.29) is 29.4 Å². The molecule has 3 aromatic rings. The number of sulfonamides is 1. The summed E-state index contributed by atoms with van der Waals surface area (Å²) in [6.07, 6.45) is 0.788. The Morgan fingerprint density at radius 1 is 1.09 bits per heavy atom. The highest BCUT2D eigenvalue weighted by Crippen LogP contribution is 2.29. The van der Waals surface area contributed by atoms with E-state index in [1.54, 1.807) is 29.2 Å². The first kappa shape index (κ1) is 22.7. The van der Waals surface area contributed by atoms with Gasteiger partial charge in [-0.3, -0.25) is 4.79 Å². The van der Waals surface area contributed by atoms with Crippen LogP contribution in [0.1, 0.15) is 34.2 Å². The van der Waals surface area contributed by atoms with Gasteiger partial charge in [0, 0.05) is 54.6 Å². The maximum absolute atomic E-state index is 13.2. The third-order valence-electron chi connectivity index (χ3n) is 6.24. The molecule has 0 spiro atoms. The summed E-state index contributed by atoms with van der Waals surface area (Å²) in [6.45, 7) is 6.17. The van der Waals surface area contributed by atoms with Crippen LogP contribution in [0.3, 0.4) is 0 Å². The quantitative estimate of drug-likeness (QED) is 0.590. The second kappa shape index (κ2) is 8.32. The molecule has 0 bridgehead atoms. The summed E-state index contributed by atoms with van der Waals surface area (Å²) in [4.78, 5) is 20.7. The largest absolute Gasteiger partial charge is 0.334 e. The fraction of sp³-hybridized carbons (Fsp3) is 0.391. The smallest absolute Gasteiger partial charge is 0.282 e. The Morgan fingerprint density at radius 2 is 1.79 bits per heavy atom. The zero-order valence-electron chi connectivity index (χ0n) is 18.5. The molecule has 0 atom stereocenters. The minimum absolute atomic E-state index is 0.0313. The van der Waals surface area contributed by atoms with Gasteiger partial charge in [-0.1, -0.05) is 23.7 Å². The summed E-state index contributed by atoms with van der Waals surface area (Å²) >= 11 is 7.47. The van der Waals surface area contributed by atoms with E-state index in [9.17, 15) is 13.2 Å². The molecule has 1 fully saturated rings.